The van der Waals surface area contributed by atoms with Gasteiger partial charge in [-0.3, -0.25) is 9.59 Å². The number of para-hydroxylation sites is 1. The van der Waals surface area contributed by atoms with E-state index >= 15 is 0 Å². The van der Waals surface area contributed by atoms with Crippen molar-refractivity contribution in [3.8, 4) is 0 Å². The second kappa shape index (κ2) is 7.87. The summed E-state index contributed by atoms with van der Waals surface area (Å²) in [7, 11) is 0. The number of halogens is 2. The SMILES string of the molecule is CC(=O)N(CCC(=O)N1CCCc2ccccc21)c1ccc(F)c(Cl)c1. The Morgan fingerprint density at radius 2 is 2.00 bits per heavy atom. The van der Waals surface area contributed by atoms with Gasteiger partial charge in [0.25, 0.3) is 0 Å². The Morgan fingerprint density at radius 3 is 2.73 bits per heavy atom. The Balaban J connectivity index is 1.73. The maximum absolute atomic E-state index is 13.4. The van der Waals surface area contributed by atoms with Crippen LogP contribution in [0.3, 0.4) is 0 Å². The van der Waals surface area contributed by atoms with Crippen molar-refractivity contribution >= 4 is 34.8 Å². The Morgan fingerprint density at radius 1 is 1.23 bits per heavy atom. The summed E-state index contributed by atoms with van der Waals surface area (Å²) >= 11 is 5.82. The van der Waals surface area contributed by atoms with E-state index in [1.165, 1.54) is 35.6 Å². The number of rotatable bonds is 4. The highest BCUT2D eigenvalue weighted by atomic mass is 35.5. The Labute approximate surface area is 157 Å². The van der Waals surface area contributed by atoms with Gasteiger partial charge < -0.3 is 9.80 Å². The van der Waals surface area contributed by atoms with E-state index in [9.17, 15) is 14.0 Å². The van der Waals surface area contributed by atoms with Gasteiger partial charge in [-0.15, -0.1) is 0 Å². The number of nitrogens with zero attached hydrogens (tertiary/aromatic N) is 2. The fourth-order valence-electron chi connectivity index (χ4n) is 3.26. The molecular formula is C20H20ClFN2O2. The van der Waals surface area contributed by atoms with E-state index in [-0.39, 0.29) is 29.8 Å². The molecule has 2 aromatic rings. The van der Waals surface area contributed by atoms with Crippen LogP contribution in [0.15, 0.2) is 42.5 Å². The molecule has 0 fully saturated rings. The van der Waals surface area contributed by atoms with E-state index in [1.807, 2.05) is 24.3 Å². The van der Waals surface area contributed by atoms with Gasteiger partial charge in [-0.2, -0.15) is 0 Å². The van der Waals surface area contributed by atoms with E-state index in [4.69, 9.17) is 11.6 Å². The molecule has 3 rings (SSSR count). The van der Waals surface area contributed by atoms with E-state index in [0.717, 1.165) is 18.5 Å². The number of hydrogen-bond donors (Lipinski definition) is 0. The second-order valence-electron chi connectivity index (χ2n) is 6.30. The van der Waals surface area contributed by atoms with Crippen molar-refractivity contribution in [2.24, 2.45) is 0 Å². The molecule has 0 saturated carbocycles. The van der Waals surface area contributed by atoms with Gasteiger partial charge >= 0.3 is 0 Å². The van der Waals surface area contributed by atoms with Gasteiger partial charge in [-0.25, -0.2) is 4.39 Å². The molecule has 6 heteroatoms. The van der Waals surface area contributed by atoms with E-state index < -0.39 is 5.82 Å². The maximum atomic E-state index is 13.4. The van der Waals surface area contributed by atoms with Gasteiger partial charge in [-0.05, 0) is 42.7 Å². The molecule has 0 radical (unpaired) electrons. The van der Waals surface area contributed by atoms with Gasteiger partial charge in [0.1, 0.15) is 5.82 Å². The fraction of sp³-hybridized carbons (Fsp3) is 0.300. The van der Waals surface area contributed by atoms with Gasteiger partial charge in [0.05, 0.1) is 5.02 Å². The number of benzene rings is 2. The lowest BCUT2D eigenvalue weighted by Crippen LogP contribution is -2.38. The van der Waals surface area contributed by atoms with Crippen LogP contribution in [0.2, 0.25) is 5.02 Å². The molecule has 1 heterocycles. The van der Waals surface area contributed by atoms with Crippen LogP contribution in [0, 0.1) is 5.82 Å². The van der Waals surface area contributed by atoms with Gasteiger partial charge in [-0.1, -0.05) is 29.8 Å². The van der Waals surface area contributed by atoms with Gasteiger partial charge in [0, 0.05) is 37.8 Å². The van der Waals surface area contributed by atoms with Crippen LogP contribution in [-0.2, 0) is 16.0 Å². The summed E-state index contributed by atoms with van der Waals surface area (Å²) in [6.07, 6.45) is 2.07. The third-order valence-electron chi connectivity index (χ3n) is 4.56. The molecule has 0 saturated heterocycles. The molecule has 0 aliphatic carbocycles. The van der Waals surface area contributed by atoms with Crippen LogP contribution in [-0.4, -0.2) is 24.9 Å². The number of carbonyl (C=O) groups excluding carboxylic acids is 2. The van der Waals surface area contributed by atoms with Crippen molar-refractivity contribution in [1.29, 1.82) is 0 Å². The number of aryl methyl sites for hydroxylation is 1. The van der Waals surface area contributed by atoms with Crippen molar-refractivity contribution < 1.29 is 14.0 Å². The van der Waals surface area contributed by atoms with Crippen molar-refractivity contribution in [2.45, 2.75) is 26.2 Å². The Kier molecular flexibility index (Phi) is 5.57. The molecule has 4 nitrogen and oxygen atoms in total. The van der Waals surface area contributed by atoms with E-state index in [1.54, 1.807) is 4.90 Å². The highest BCUT2D eigenvalue weighted by Gasteiger charge is 2.23. The highest BCUT2D eigenvalue weighted by Crippen LogP contribution is 2.28. The number of amides is 2. The molecule has 0 aromatic heterocycles. The highest BCUT2D eigenvalue weighted by molar-refractivity contribution is 6.31. The van der Waals surface area contributed by atoms with Crippen LogP contribution in [0.5, 0.6) is 0 Å². The molecule has 0 atom stereocenters. The molecule has 136 valence electrons. The van der Waals surface area contributed by atoms with Gasteiger partial charge in [0.15, 0.2) is 0 Å². The lowest BCUT2D eigenvalue weighted by molar-refractivity contribution is -0.118. The minimum Gasteiger partial charge on any atom is -0.312 e. The number of anilines is 2. The lowest BCUT2D eigenvalue weighted by Gasteiger charge is -2.30. The molecule has 1 aliphatic heterocycles. The van der Waals surface area contributed by atoms with Crippen LogP contribution >= 0.6 is 11.6 Å². The Bertz CT molecular complexity index is 840. The van der Waals surface area contributed by atoms with Crippen LogP contribution in [0.1, 0.15) is 25.3 Å². The summed E-state index contributed by atoms with van der Waals surface area (Å²) in [6, 6.07) is 12.0. The fourth-order valence-corrected chi connectivity index (χ4v) is 3.43. The molecule has 0 bridgehead atoms. The third-order valence-corrected chi connectivity index (χ3v) is 4.85. The Hall–Kier alpha value is -2.40. The zero-order chi connectivity index (χ0) is 18.7. The first-order chi connectivity index (χ1) is 12.5. The first-order valence-corrected chi connectivity index (χ1v) is 8.96. The van der Waals surface area contributed by atoms with Crippen molar-refractivity contribution in [1.82, 2.24) is 0 Å². The quantitative estimate of drug-likeness (QED) is 0.804. The minimum absolute atomic E-state index is 0.0309. The molecule has 26 heavy (non-hydrogen) atoms. The van der Waals surface area contributed by atoms with Crippen molar-refractivity contribution in [2.75, 3.05) is 22.9 Å². The first kappa shape index (κ1) is 18.4. The predicted molar refractivity (Wildman–Crippen MR) is 101 cm³/mol. The largest absolute Gasteiger partial charge is 0.312 e. The topological polar surface area (TPSA) is 40.6 Å². The van der Waals surface area contributed by atoms with Crippen molar-refractivity contribution in [3.05, 3.63) is 58.9 Å². The average Bonchev–Trinajstić information content (AvgIpc) is 2.63. The second-order valence-corrected chi connectivity index (χ2v) is 6.70. The van der Waals surface area contributed by atoms with Crippen LogP contribution < -0.4 is 9.80 Å². The molecule has 1 aliphatic rings. The van der Waals surface area contributed by atoms with Gasteiger partial charge in [0.2, 0.25) is 11.8 Å². The third kappa shape index (κ3) is 3.88. The molecular weight excluding hydrogens is 355 g/mol. The summed E-state index contributed by atoms with van der Waals surface area (Å²) in [4.78, 5) is 28.0. The number of fused-ring (bicyclic) bond motifs is 1. The zero-order valence-corrected chi connectivity index (χ0v) is 15.3. The summed E-state index contributed by atoms with van der Waals surface area (Å²) in [5.74, 6) is -0.795. The van der Waals surface area contributed by atoms with E-state index in [0.29, 0.717) is 12.2 Å². The smallest absolute Gasteiger partial charge is 0.228 e. The first-order valence-electron chi connectivity index (χ1n) is 8.59. The molecule has 0 spiro atoms. The monoisotopic (exact) mass is 374 g/mol. The standard InChI is InChI=1S/C20H20ClFN2O2/c1-14(25)23(16-8-9-18(22)17(21)13-16)12-10-20(26)24-11-4-6-15-5-2-3-7-19(15)24/h2-3,5,7-9,13H,4,6,10-12H2,1H3. The normalized spacial score (nSPS) is 13.3. The summed E-state index contributed by atoms with van der Waals surface area (Å²) in [6.45, 7) is 2.31. The molecule has 2 amide bonds. The maximum Gasteiger partial charge on any atom is 0.228 e. The number of hydrogen-bond acceptors (Lipinski definition) is 2. The summed E-state index contributed by atoms with van der Waals surface area (Å²) < 4.78 is 13.4. The predicted octanol–water partition coefficient (Wildman–Crippen LogP) is 4.20. The zero-order valence-electron chi connectivity index (χ0n) is 14.5. The molecule has 2 aromatic carbocycles. The molecule has 0 N–H and O–H groups in total. The minimum atomic E-state index is -0.542. The van der Waals surface area contributed by atoms with Crippen LogP contribution in [0.4, 0.5) is 15.8 Å². The van der Waals surface area contributed by atoms with E-state index in [2.05, 4.69) is 0 Å². The van der Waals surface area contributed by atoms with Crippen LogP contribution in [0.25, 0.3) is 0 Å². The average molecular weight is 375 g/mol. The lowest BCUT2D eigenvalue weighted by atomic mass is 10.0. The number of carbonyl (C=O) groups is 2. The van der Waals surface area contributed by atoms with Crippen molar-refractivity contribution in [3.63, 3.8) is 0 Å². The summed E-state index contributed by atoms with van der Waals surface area (Å²) in [5.41, 5.74) is 2.60. The molecule has 0 unspecified atom stereocenters. The summed E-state index contributed by atoms with van der Waals surface area (Å²) in [5, 5.41) is -0.0509.